The monoisotopic (exact) mass is 253 g/mol. The van der Waals surface area contributed by atoms with Crippen molar-refractivity contribution in [3.8, 4) is 0 Å². The second-order valence-corrected chi connectivity index (χ2v) is 5.17. The van der Waals surface area contributed by atoms with Crippen molar-refractivity contribution in [1.82, 2.24) is 9.55 Å². The molecule has 3 N–H and O–H groups in total. The zero-order valence-corrected chi connectivity index (χ0v) is 10.8. The van der Waals surface area contributed by atoms with Crippen LogP contribution in [0.2, 0.25) is 0 Å². The first-order chi connectivity index (χ1) is 8.39. The number of ether oxygens (including phenoxy) is 1. The summed E-state index contributed by atoms with van der Waals surface area (Å²) in [4.78, 5) is 15.5. The van der Waals surface area contributed by atoms with E-state index in [1.807, 2.05) is 20.8 Å². The maximum absolute atomic E-state index is 11.8. The summed E-state index contributed by atoms with van der Waals surface area (Å²) in [6.45, 7) is 5.78. The van der Waals surface area contributed by atoms with E-state index in [0.29, 0.717) is 0 Å². The largest absolute Gasteiger partial charge is 0.393 e. The first-order valence-electron chi connectivity index (χ1n) is 6.02. The molecule has 1 aromatic heterocycles. The quantitative estimate of drug-likeness (QED) is 0.795. The van der Waals surface area contributed by atoms with Crippen LogP contribution in [-0.4, -0.2) is 26.9 Å². The van der Waals surface area contributed by atoms with Crippen molar-refractivity contribution in [2.75, 3.05) is 12.3 Å². The van der Waals surface area contributed by atoms with Gasteiger partial charge in [-0.2, -0.15) is 4.98 Å². The van der Waals surface area contributed by atoms with E-state index in [-0.39, 0.29) is 24.3 Å². The molecule has 6 nitrogen and oxygen atoms in total. The third-order valence-electron chi connectivity index (χ3n) is 4.03. The number of aliphatic hydroxyl groups excluding tert-OH is 1. The molecule has 0 bridgehead atoms. The van der Waals surface area contributed by atoms with Gasteiger partial charge in [-0.3, -0.25) is 4.57 Å². The normalized spacial score (nSPS) is 35.9. The fourth-order valence-corrected chi connectivity index (χ4v) is 2.40. The number of aromatic nitrogens is 2. The third kappa shape index (κ3) is 1.91. The highest BCUT2D eigenvalue weighted by Crippen LogP contribution is 2.44. The van der Waals surface area contributed by atoms with Gasteiger partial charge >= 0.3 is 5.69 Å². The molecule has 0 aliphatic carbocycles. The van der Waals surface area contributed by atoms with Crippen LogP contribution < -0.4 is 11.4 Å². The van der Waals surface area contributed by atoms with E-state index in [1.165, 1.54) is 4.57 Å². The first-order valence-corrected chi connectivity index (χ1v) is 6.02. The van der Waals surface area contributed by atoms with Crippen LogP contribution in [-0.2, 0) is 4.74 Å². The Morgan fingerprint density at radius 2 is 2.28 bits per heavy atom. The molecule has 100 valence electrons. The maximum Gasteiger partial charge on any atom is 0.351 e. The van der Waals surface area contributed by atoms with Gasteiger partial charge in [0.25, 0.3) is 0 Å². The minimum Gasteiger partial charge on any atom is -0.393 e. The molecule has 1 aliphatic heterocycles. The van der Waals surface area contributed by atoms with Gasteiger partial charge in [-0.1, -0.05) is 13.8 Å². The number of hydrogen-bond acceptors (Lipinski definition) is 5. The van der Waals surface area contributed by atoms with Gasteiger partial charge in [0.1, 0.15) is 12.0 Å². The van der Waals surface area contributed by atoms with Gasteiger partial charge in [0.05, 0.1) is 12.2 Å². The molecule has 1 aliphatic rings. The maximum atomic E-state index is 11.8. The number of nitrogen functional groups attached to an aromatic ring is 1. The molecule has 0 unspecified atom stereocenters. The lowest BCUT2D eigenvalue weighted by Crippen LogP contribution is -2.35. The van der Waals surface area contributed by atoms with Crippen molar-refractivity contribution < 1.29 is 9.84 Å². The molecule has 0 aromatic carbocycles. The highest BCUT2D eigenvalue weighted by Gasteiger charge is 2.48. The minimum absolute atomic E-state index is 0.0772. The van der Waals surface area contributed by atoms with Crippen LogP contribution in [0.25, 0.3) is 0 Å². The molecule has 2 heterocycles. The highest BCUT2D eigenvalue weighted by molar-refractivity contribution is 5.23. The Morgan fingerprint density at radius 1 is 1.61 bits per heavy atom. The fraction of sp³-hybridized carbons (Fsp3) is 0.667. The van der Waals surface area contributed by atoms with Crippen molar-refractivity contribution in [3.05, 3.63) is 22.7 Å². The standard InChI is InChI=1S/C12H19N3O3/c1-7-8(2)12(3,6-16)18-10(7)15-5-4-9(13)14-11(15)17/h4-5,7-8,10,16H,6H2,1-3H3,(H2,13,14,17)/t7-,8+,10-,12-/m1/s1. The number of nitrogens with zero attached hydrogens (tertiary/aromatic N) is 2. The molecule has 0 spiro atoms. The summed E-state index contributed by atoms with van der Waals surface area (Å²) in [5.41, 5.74) is 4.40. The summed E-state index contributed by atoms with van der Waals surface area (Å²) in [5, 5.41) is 9.44. The molecule has 1 aromatic rings. The number of anilines is 1. The lowest BCUT2D eigenvalue weighted by molar-refractivity contribution is -0.101. The van der Waals surface area contributed by atoms with Gasteiger partial charge in [-0.25, -0.2) is 4.79 Å². The summed E-state index contributed by atoms with van der Waals surface area (Å²) in [6, 6.07) is 1.57. The van der Waals surface area contributed by atoms with Crippen molar-refractivity contribution in [3.63, 3.8) is 0 Å². The molecular weight excluding hydrogens is 234 g/mol. The Hall–Kier alpha value is -1.40. The summed E-state index contributed by atoms with van der Waals surface area (Å²) < 4.78 is 7.29. The molecule has 0 radical (unpaired) electrons. The number of hydrogen-bond donors (Lipinski definition) is 2. The van der Waals surface area contributed by atoms with Crippen LogP contribution >= 0.6 is 0 Å². The van der Waals surface area contributed by atoms with Crippen molar-refractivity contribution in [2.24, 2.45) is 11.8 Å². The van der Waals surface area contributed by atoms with E-state index in [2.05, 4.69) is 4.98 Å². The van der Waals surface area contributed by atoms with Gasteiger partial charge in [-0.15, -0.1) is 0 Å². The number of aliphatic hydroxyl groups is 1. The molecule has 1 saturated heterocycles. The lowest BCUT2D eigenvalue weighted by atomic mass is 9.84. The third-order valence-corrected chi connectivity index (χ3v) is 4.03. The van der Waals surface area contributed by atoms with Crippen molar-refractivity contribution in [2.45, 2.75) is 32.6 Å². The van der Waals surface area contributed by atoms with E-state index in [4.69, 9.17) is 10.5 Å². The van der Waals surface area contributed by atoms with Crippen LogP contribution in [0, 0.1) is 11.8 Å². The van der Waals surface area contributed by atoms with Gasteiger partial charge in [0.2, 0.25) is 0 Å². The van der Waals surface area contributed by atoms with Crippen LogP contribution in [0.4, 0.5) is 5.82 Å². The number of rotatable bonds is 2. The van der Waals surface area contributed by atoms with Gasteiger partial charge in [-0.05, 0) is 18.9 Å². The smallest absolute Gasteiger partial charge is 0.351 e. The SMILES string of the molecule is C[C@H]1[C@H](n2ccc(N)nc2=O)O[C@](C)(CO)[C@H]1C. The summed E-state index contributed by atoms with van der Waals surface area (Å²) in [7, 11) is 0. The lowest BCUT2D eigenvalue weighted by Gasteiger charge is -2.26. The summed E-state index contributed by atoms with van der Waals surface area (Å²) in [6.07, 6.45) is 1.17. The predicted octanol–water partition coefficient (Wildman–Crippen LogP) is 0.378. The molecule has 1 fully saturated rings. The Kier molecular flexibility index (Phi) is 3.16. The van der Waals surface area contributed by atoms with Crippen molar-refractivity contribution >= 4 is 5.82 Å². The minimum atomic E-state index is -0.634. The predicted molar refractivity (Wildman–Crippen MR) is 66.9 cm³/mol. The highest BCUT2D eigenvalue weighted by atomic mass is 16.5. The van der Waals surface area contributed by atoms with E-state index >= 15 is 0 Å². The topological polar surface area (TPSA) is 90.4 Å². The van der Waals surface area contributed by atoms with Crippen LogP contribution in [0.15, 0.2) is 17.1 Å². The van der Waals surface area contributed by atoms with E-state index in [0.717, 1.165) is 0 Å². The van der Waals surface area contributed by atoms with E-state index in [1.54, 1.807) is 12.3 Å². The molecule has 4 atom stereocenters. The van der Waals surface area contributed by atoms with Crippen LogP contribution in [0.5, 0.6) is 0 Å². The Labute approximate surface area is 105 Å². The van der Waals surface area contributed by atoms with Crippen molar-refractivity contribution in [1.29, 1.82) is 0 Å². The molecule has 6 heteroatoms. The molecular formula is C12H19N3O3. The molecule has 0 saturated carbocycles. The average molecular weight is 253 g/mol. The second-order valence-electron chi connectivity index (χ2n) is 5.17. The average Bonchev–Trinajstić information content (AvgIpc) is 2.55. The second kappa shape index (κ2) is 4.37. The van der Waals surface area contributed by atoms with Gasteiger partial charge in [0, 0.05) is 12.1 Å². The Morgan fingerprint density at radius 3 is 2.78 bits per heavy atom. The Balaban J connectivity index is 2.38. The molecule has 2 rings (SSSR count). The first kappa shape index (κ1) is 13.0. The zero-order valence-electron chi connectivity index (χ0n) is 10.8. The summed E-state index contributed by atoms with van der Waals surface area (Å²) in [5.74, 6) is 0.432. The molecule has 18 heavy (non-hydrogen) atoms. The molecule has 0 amide bonds. The van der Waals surface area contributed by atoms with E-state index in [9.17, 15) is 9.90 Å². The van der Waals surface area contributed by atoms with Gasteiger partial charge in [0.15, 0.2) is 0 Å². The van der Waals surface area contributed by atoms with E-state index < -0.39 is 17.5 Å². The summed E-state index contributed by atoms with van der Waals surface area (Å²) >= 11 is 0. The fourth-order valence-electron chi connectivity index (χ4n) is 2.40. The van der Waals surface area contributed by atoms with Crippen LogP contribution in [0.3, 0.4) is 0 Å². The van der Waals surface area contributed by atoms with Gasteiger partial charge < -0.3 is 15.6 Å². The Bertz CT molecular complexity index is 502. The van der Waals surface area contributed by atoms with Crippen LogP contribution in [0.1, 0.15) is 27.0 Å². The zero-order chi connectivity index (χ0) is 13.5. The number of nitrogens with two attached hydrogens (primary N) is 1.